The van der Waals surface area contributed by atoms with Crippen LogP contribution in [0.3, 0.4) is 0 Å². The Labute approximate surface area is 102 Å². The van der Waals surface area contributed by atoms with Crippen molar-refractivity contribution >= 4 is 11.9 Å². The Bertz CT molecular complexity index is 412. The number of nitrogens with one attached hydrogen (secondary N) is 1. The van der Waals surface area contributed by atoms with Crippen LogP contribution in [0.1, 0.15) is 26.7 Å². The van der Waals surface area contributed by atoms with Crippen molar-refractivity contribution in [2.75, 3.05) is 0 Å². The summed E-state index contributed by atoms with van der Waals surface area (Å²) >= 11 is 0. The first-order valence-corrected chi connectivity index (χ1v) is 5.64. The van der Waals surface area contributed by atoms with Gasteiger partial charge in [-0.05, 0) is 18.3 Å². The van der Waals surface area contributed by atoms with Crippen LogP contribution >= 0.6 is 0 Å². The summed E-state index contributed by atoms with van der Waals surface area (Å²) in [5.74, 6) is -3.73. The van der Waals surface area contributed by atoms with Gasteiger partial charge in [0.1, 0.15) is 5.54 Å². The second-order valence-corrected chi connectivity index (χ2v) is 5.68. The van der Waals surface area contributed by atoms with Gasteiger partial charge in [-0.3, -0.25) is 9.59 Å². The van der Waals surface area contributed by atoms with E-state index in [-0.39, 0.29) is 12.8 Å². The van der Waals surface area contributed by atoms with E-state index in [9.17, 15) is 22.8 Å². The first-order chi connectivity index (χ1) is 8.03. The van der Waals surface area contributed by atoms with Crippen LogP contribution in [-0.4, -0.2) is 28.7 Å². The fraction of sp³-hybridized carbons (Fsp3) is 0.818. The molecule has 2 unspecified atom stereocenters. The Morgan fingerprint density at radius 2 is 1.72 bits per heavy atom. The average molecular weight is 265 g/mol. The number of rotatable bonds is 3. The minimum atomic E-state index is -4.47. The summed E-state index contributed by atoms with van der Waals surface area (Å²) in [6, 6.07) is 0. The third-order valence-electron chi connectivity index (χ3n) is 4.03. The Balaban J connectivity index is 2.05. The SMILES string of the molecule is CC1(C)C(C(=O)O)C1C(=O)NC1(C(F)(F)F)CC1. The van der Waals surface area contributed by atoms with Gasteiger partial charge < -0.3 is 10.4 Å². The Morgan fingerprint density at radius 1 is 1.22 bits per heavy atom. The Morgan fingerprint density at radius 3 is 2.00 bits per heavy atom. The van der Waals surface area contributed by atoms with E-state index in [1.807, 2.05) is 5.32 Å². The van der Waals surface area contributed by atoms with E-state index in [2.05, 4.69) is 0 Å². The maximum absolute atomic E-state index is 12.7. The predicted octanol–water partition coefficient (Wildman–Crippen LogP) is 1.55. The number of amides is 1. The van der Waals surface area contributed by atoms with E-state index >= 15 is 0 Å². The lowest BCUT2D eigenvalue weighted by atomic mass is 10.1. The molecule has 2 rings (SSSR count). The van der Waals surface area contributed by atoms with E-state index in [1.165, 1.54) is 0 Å². The molecule has 0 radical (unpaired) electrons. The number of hydrogen-bond acceptors (Lipinski definition) is 2. The monoisotopic (exact) mass is 265 g/mol. The highest BCUT2D eigenvalue weighted by Crippen LogP contribution is 2.59. The normalized spacial score (nSPS) is 31.6. The van der Waals surface area contributed by atoms with Crippen molar-refractivity contribution in [1.29, 1.82) is 0 Å². The van der Waals surface area contributed by atoms with Crippen LogP contribution in [0.15, 0.2) is 0 Å². The zero-order valence-corrected chi connectivity index (χ0v) is 9.97. The van der Waals surface area contributed by atoms with Gasteiger partial charge in [0, 0.05) is 0 Å². The number of carbonyl (C=O) groups excluding carboxylic acids is 1. The highest BCUT2D eigenvalue weighted by molar-refractivity contribution is 5.92. The molecule has 0 aliphatic heterocycles. The molecule has 0 heterocycles. The maximum Gasteiger partial charge on any atom is 0.411 e. The largest absolute Gasteiger partial charge is 0.481 e. The van der Waals surface area contributed by atoms with Crippen LogP contribution in [-0.2, 0) is 9.59 Å². The van der Waals surface area contributed by atoms with Gasteiger partial charge in [-0.2, -0.15) is 13.2 Å². The fourth-order valence-electron chi connectivity index (χ4n) is 2.51. The highest BCUT2D eigenvalue weighted by Gasteiger charge is 2.70. The summed E-state index contributed by atoms with van der Waals surface area (Å²) in [5.41, 5.74) is -2.90. The van der Waals surface area contributed by atoms with Crippen molar-refractivity contribution in [3.8, 4) is 0 Å². The van der Waals surface area contributed by atoms with Crippen molar-refractivity contribution < 1.29 is 27.9 Å². The third-order valence-corrected chi connectivity index (χ3v) is 4.03. The topological polar surface area (TPSA) is 66.4 Å². The molecule has 0 spiro atoms. The predicted molar refractivity (Wildman–Crippen MR) is 54.6 cm³/mol. The summed E-state index contributed by atoms with van der Waals surface area (Å²) in [6.07, 6.45) is -4.74. The zero-order valence-electron chi connectivity index (χ0n) is 9.97. The summed E-state index contributed by atoms with van der Waals surface area (Å²) in [4.78, 5) is 22.6. The van der Waals surface area contributed by atoms with Crippen LogP contribution in [0.25, 0.3) is 0 Å². The number of alkyl halides is 3. The van der Waals surface area contributed by atoms with Gasteiger partial charge in [0.05, 0.1) is 11.8 Å². The fourth-order valence-corrected chi connectivity index (χ4v) is 2.51. The molecule has 4 nitrogen and oxygen atoms in total. The summed E-state index contributed by atoms with van der Waals surface area (Å²) in [6.45, 7) is 3.15. The molecule has 0 bridgehead atoms. The van der Waals surface area contributed by atoms with Gasteiger partial charge in [0.15, 0.2) is 0 Å². The van der Waals surface area contributed by atoms with Crippen molar-refractivity contribution in [3.05, 3.63) is 0 Å². The molecule has 0 aromatic carbocycles. The second-order valence-electron chi connectivity index (χ2n) is 5.68. The number of carbonyl (C=O) groups is 2. The number of hydrogen-bond donors (Lipinski definition) is 2. The lowest BCUT2D eigenvalue weighted by Gasteiger charge is -2.21. The molecular formula is C11H14F3NO3. The molecule has 18 heavy (non-hydrogen) atoms. The van der Waals surface area contributed by atoms with E-state index in [1.54, 1.807) is 13.8 Å². The van der Waals surface area contributed by atoms with Gasteiger partial charge in [0.25, 0.3) is 0 Å². The molecule has 0 aromatic heterocycles. The molecular weight excluding hydrogens is 251 g/mol. The average Bonchev–Trinajstić information content (AvgIpc) is 3.00. The van der Waals surface area contributed by atoms with E-state index < -0.39 is 40.8 Å². The van der Waals surface area contributed by atoms with Crippen molar-refractivity contribution in [3.63, 3.8) is 0 Å². The molecule has 2 atom stereocenters. The minimum Gasteiger partial charge on any atom is -0.481 e. The van der Waals surface area contributed by atoms with Crippen molar-refractivity contribution in [2.45, 2.75) is 38.4 Å². The molecule has 0 saturated heterocycles. The van der Waals surface area contributed by atoms with Crippen LogP contribution in [0.2, 0.25) is 0 Å². The summed E-state index contributed by atoms with van der Waals surface area (Å²) in [5, 5.41) is 10.9. The minimum absolute atomic E-state index is 0.132. The molecule has 2 N–H and O–H groups in total. The zero-order chi connectivity index (χ0) is 13.9. The van der Waals surface area contributed by atoms with E-state index in [0.717, 1.165) is 0 Å². The van der Waals surface area contributed by atoms with E-state index in [0.29, 0.717) is 0 Å². The van der Waals surface area contributed by atoms with Gasteiger partial charge in [-0.25, -0.2) is 0 Å². The molecule has 2 fully saturated rings. The Kier molecular flexibility index (Phi) is 2.48. The highest BCUT2D eigenvalue weighted by atomic mass is 19.4. The smallest absolute Gasteiger partial charge is 0.411 e. The van der Waals surface area contributed by atoms with Crippen LogP contribution < -0.4 is 5.32 Å². The summed E-state index contributed by atoms with van der Waals surface area (Å²) in [7, 11) is 0. The Hall–Kier alpha value is -1.27. The van der Waals surface area contributed by atoms with Crippen LogP contribution in [0.5, 0.6) is 0 Å². The van der Waals surface area contributed by atoms with Crippen LogP contribution in [0.4, 0.5) is 13.2 Å². The standard InChI is InChI=1S/C11H14F3NO3/c1-9(2)5(6(9)8(17)18)7(16)15-10(3-4-10)11(12,13)14/h5-6H,3-4H2,1-2H3,(H,15,16)(H,17,18). The second kappa shape index (κ2) is 3.39. The van der Waals surface area contributed by atoms with Crippen molar-refractivity contribution in [2.24, 2.45) is 17.3 Å². The van der Waals surface area contributed by atoms with E-state index in [4.69, 9.17) is 5.11 Å². The van der Waals surface area contributed by atoms with Gasteiger partial charge in [-0.1, -0.05) is 13.8 Å². The molecule has 2 saturated carbocycles. The van der Waals surface area contributed by atoms with Crippen molar-refractivity contribution in [1.82, 2.24) is 5.32 Å². The molecule has 0 aromatic rings. The molecule has 1 amide bonds. The van der Waals surface area contributed by atoms with Crippen LogP contribution in [0, 0.1) is 17.3 Å². The molecule has 102 valence electrons. The number of carboxylic acids is 1. The first kappa shape index (κ1) is 13.2. The number of aliphatic carboxylic acids is 1. The molecule has 2 aliphatic rings. The summed E-state index contributed by atoms with van der Waals surface area (Å²) < 4.78 is 38.0. The lowest BCUT2D eigenvalue weighted by Crippen LogP contribution is -2.48. The quantitative estimate of drug-likeness (QED) is 0.813. The number of halogens is 3. The van der Waals surface area contributed by atoms with Gasteiger partial charge >= 0.3 is 12.1 Å². The maximum atomic E-state index is 12.7. The third kappa shape index (κ3) is 1.76. The molecule has 2 aliphatic carbocycles. The van der Waals surface area contributed by atoms with Gasteiger partial charge in [-0.15, -0.1) is 0 Å². The lowest BCUT2D eigenvalue weighted by molar-refractivity contribution is -0.171. The number of carboxylic acid groups (broad SMARTS) is 1. The molecule has 7 heteroatoms. The first-order valence-electron chi connectivity index (χ1n) is 5.64. The van der Waals surface area contributed by atoms with Gasteiger partial charge in [0.2, 0.25) is 5.91 Å².